The average molecular weight is 244 g/mol. The Morgan fingerprint density at radius 1 is 1.44 bits per heavy atom. The third-order valence-corrected chi connectivity index (χ3v) is 2.61. The molecule has 4 heteroatoms. The third-order valence-electron chi connectivity index (χ3n) is 2.42. The summed E-state index contributed by atoms with van der Waals surface area (Å²) >= 11 is 5.63. The molecule has 16 heavy (non-hydrogen) atoms. The number of carbonyl (C=O) groups excluding carboxylic acids is 1. The minimum Gasteiger partial charge on any atom is -0.348 e. The fourth-order valence-electron chi connectivity index (χ4n) is 1.29. The largest absolute Gasteiger partial charge is 0.348 e. The van der Waals surface area contributed by atoms with Crippen LogP contribution < -0.4 is 5.32 Å². The number of hydrogen-bond acceptors (Lipinski definition) is 1. The van der Waals surface area contributed by atoms with Gasteiger partial charge in [0, 0.05) is 0 Å². The molecule has 1 rings (SSSR count). The van der Waals surface area contributed by atoms with E-state index in [-0.39, 0.29) is 17.8 Å². The van der Waals surface area contributed by atoms with E-state index in [1.165, 1.54) is 6.07 Å². The van der Waals surface area contributed by atoms with Crippen LogP contribution in [0.1, 0.15) is 31.0 Å². The van der Waals surface area contributed by atoms with Crippen molar-refractivity contribution >= 4 is 17.5 Å². The van der Waals surface area contributed by atoms with Crippen molar-refractivity contribution in [1.29, 1.82) is 0 Å². The molecular weight excluding hydrogens is 229 g/mol. The summed E-state index contributed by atoms with van der Waals surface area (Å²) in [5, 5.41) is 2.12. The van der Waals surface area contributed by atoms with Crippen LogP contribution in [0.5, 0.6) is 0 Å². The standard InChI is InChI=1S/C12H15ClFNO/c1-7-4-5-10(6-11(7)14)9(3)15-12(16)8(2)13/h4-6,8-9H,1-3H3,(H,15,16). The predicted molar refractivity (Wildman–Crippen MR) is 63.0 cm³/mol. The summed E-state index contributed by atoms with van der Waals surface area (Å²) in [4.78, 5) is 11.3. The van der Waals surface area contributed by atoms with Gasteiger partial charge in [0.05, 0.1) is 6.04 Å². The van der Waals surface area contributed by atoms with Crippen molar-refractivity contribution in [3.05, 3.63) is 35.1 Å². The fraction of sp³-hybridized carbons (Fsp3) is 0.417. The van der Waals surface area contributed by atoms with E-state index >= 15 is 0 Å². The van der Waals surface area contributed by atoms with Crippen molar-refractivity contribution in [1.82, 2.24) is 5.32 Å². The Balaban J connectivity index is 2.77. The summed E-state index contributed by atoms with van der Waals surface area (Å²) < 4.78 is 13.3. The normalized spacial score (nSPS) is 14.3. The van der Waals surface area contributed by atoms with E-state index in [0.717, 1.165) is 5.56 Å². The van der Waals surface area contributed by atoms with Crippen LogP contribution in [0.15, 0.2) is 18.2 Å². The van der Waals surface area contributed by atoms with Crippen LogP contribution >= 0.6 is 11.6 Å². The Bertz CT molecular complexity index is 393. The van der Waals surface area contributed by atoms with Crippen molar-refractivity contribution in [2.24, 2.45) is 0 Å². The maximum atomic E-state index is 13.3. The van der Waals surface area contributed by atoms with Crippen LogP contribution in [0.4, 0.5) is 4.39 Å². The van der Waals surface area contributed by atoms with Crippen LogP contribution in [0.2, 0.25) is 0 Å². The van der Waals surface area contributed by atoms with Crippen LogP contribution in [-0.4, -0.2) is 11.3 Å². The second-order valence-corrected chi connectivity index (χ2v) is 4.51. The maximum Gasteiger partial charge on any atom is 0.238 e. The van der Waals surface area contributed by atoms with Gasteiger partial charge in [0.25, 0.3) is 0 Å². The van der Waals surface area contributed by atoms with Gasteiger partial charge < -0.3 is 5.32 Å². The van der Waals surface area contributed by atoms with Gasteiger partial charge >= 0.3 is 0 Å². The molecule has 0 saturated carbocycles. The molecule has 0 fully saturated rings. The summed E-state index contributed by atoms with van der Waals surface area (Å²) in [5.74, 6) is -0.521. The molecule has 1 aromatic carbocycles. The zero-order valence-corrected chi connectivity index (χ0v) is 10.3. The lowest BCUT2D eigenvalue weighted by Gasteiger charge is -2.15. The molecule has 0 aliphatic heterocycles. The first-order valence-corrected chi connectivity index (χ1v) is 5.56. The first-order chi connectivity index (χ1) is 7.41. The average Bonchev–Trinajstić information content (AvgIpc) is 2.21. The smallest absolute Gasteiger partial charge is 0.238 e. The van der Waals surface area contributed by atoms with E-state index in [0.29, 0.717) is 5.56 Å². The molecule has 0 aliphatic rings. The molecule has 0 aliphatic carbocycles. The van der Waals surface area contributed by atoms with Gasteiger partial charge in [-0.25, -0.2) is 4.39 Å². The van der Waals surface area contributed by atoms with Gasteiger partial charge in [-0.3, -0.25) is 4.79 Å². The van der Waals surface area contributed by atoms with Gasteiger partial charge in [-0.2, -0.15) is 0 Å². The maximum absolute atomic E-state index is 13.3. The van der Waals surface area contributed by atoms with Gasteiger partial charge in [-0.15, -0.1) is 11.6 Å². The summed E-state index contributed by atoms with van der Waals surface area (Å²) in [6.07, 6.45) is 0. The Morgan fingerprint density at radius 3 is 2.56 bits per heavy atom. The van der Waals surface area contributed by atoms with Gasteiger partial charge in [0.15, 0.2) is 0 Å². The molecule has 88 valence electrons. The Hall–Kier alpha value is -1.09. The Kier molecular flexibility index (Phi) is 4.30. The number of amides is 1. The highest BCUT2D eigenvalue weighted by Crippen LogP contribution is 2.16. The molecule has 0 aromatic heterocycles. The minimum atomic E-state index is -0.585. The van der Waals surface area contributed by atoms with E-state index in [2.05, 4.69) is 5.32 Å². The van der Waals surface area contributed by atoms with E-state index < -0.39 is 5.38 Å². The molecule has 2 nitrogen and oxygen atoms in total. The summed E-state index contributed by atoms with van der Waals surface area (Å²) in [6.45, 7) is 5.09. The van der Waals surface area contributed by atoms with Crippen LogP contribution in [0.3, 0.4) is 0 Å². The number of carbonyl (C=O) groups is 1. The Morgan fingerprint density at radius 2 is 2.06 bits per heavy atom. The van der Waals surface area contributed by atoms with Crippen molar-refractivity contribution in [3.8, 4) is 0 Å². The van der Waals surface area contributed by atoms with Gasteiger partial charge in [0.2, 0.25) is 5.91 Å². The lowest BCUT2D eigenvalue weighted by Crippen LogP contribution is -2.32. The van der Waals surface area contributed by atoms with Crippen molar-refractivity contribution in [3.63, 3.8) is 0 Å². The monoisotopic (exact) mass is 243 g/mol. The lowest BCUT2D eigenvalue weighted by molar-refractivity contribution is -0.121. The predicted octanol–water partition coefficient (Wildman–Crippen LogP) is 2.94. The third kappa shape index (κ3) is 3.20. The molecule has 0 bridgehead atoms. The minimum absolute atomic E-state index is 0.246. The van der Waals surface area contributed by atoms with Gasteiger partial charge in [-0.05, 0) is 38.0 Å². The molecule has 0 spiro atoms. The highest BCUT2D eigenvalue weighted by atomic mass is 35.5. The van der Waals surface area contributed by atoms with Gasteiger partial charge in [0.1, 0.15) is 11.2 Å². The molecular formula is C12H15ClFNO. The SMILES string of the molecule is Cc1ccc(C(C)NC(=O)C(C)Cl)cc1F. The number of alkyl halides is 1. The van der Waals surface area contributed by atoms with Gasteiger partial charge in [-0.1, -0.05) is 12.1 Å². The molecule has 2 unspecified atom stereocenters. The highest BCUT2D eigenvalue weighted by molar-refractivity contribution is 6.30. The van der Waals surface area contributed by atoms with E-state index in [1.807, 2.05) is 0 Å². The van der Waals surface area contributed by atoms with Crippen LogP contribution in [0, 0.1) is 12.7 Å². The Labute approximate surface area is 99.8 Å². The molecule has 2 atom stereocenters. The molecule has 0 radical (unpaired) electrons. The highest BCUT2D eigenvalue weighted by Gasteiger charge is 2.14. The quantitative estimate of drug-likeness (QED) is 0.813. The van der Waals surface area contributed by atoms with Crippen molar-refractivity contribution in [2.45, 2.75) is 32.2 Å². The second kappa shape index (κ2) is 5.30. The topological polar surface area (TPSA) is 29.1 Å². The van der Waals surface area contributed by atoms with E-state index in [4.69, 9.17) is 11.6 Å². The number of aryl methyl sites for hydroxylation is 1. The van der Waals surface area contributed by atoms with E-state index in [9.17, 15) is 9.18 Å². The molecule has 1 amide bonds. The summed E-state index contributed by atoms with van der Waals surface area (Å²) in [5.41, 5.74) is 1.32. The number of nitrogens with one attached hydrogen (secondary N) is 1. The molecule has 0 heterocycles. The number of rotatable bonds is 3. The zero-order chi connectivity index (χ0) is 12.3. The van der Waals surface area contributed by atoms with Crippen LogP contribution in [-0.2, 0) is 4.79 Å². The first-order valence-electron chi connectivity index (χ1n) is 5.12. The molecule has 0 saturated heterocycles. The van der Waals surface area contributed by atoms with Crippen LogP contribution in [0.25, 0.3) is 0 Å². The number of halogens is 2. The fourth-order valence-corrected chi connectivity index (χ4v) is 1.35. The summed E-state index contributed by atoms with van der Waals surface area (Å²) in [7, 11) is 0. The molecule has 1 aromatic rings. The second-order valence-electron chi connectivity index (χ2n) is 3.85. The van der Waals surface area contributed by atoms with Crippen molar-refractivity contribution < 1.29 is 9.18 Å². The molecule has 1 N–H and O–H groups in total. The van der Waals surface area contributed by atoms with E-state index in [1.54, 1.807) is 32.9 Å². The lowest BCUT2D eigenvalue weighted by atomic mass is 10.1. The van der Waals surface area contributed by atoms with Crippen molar-refractivity contribution in [2.75, 3.05) is 0 Å². The zero-order valence-electron chi connectivity index (χ0n) is 9.55. The first kappa shape index (κ1) is 13.0. The number of benzene rings is 1. The summed E-state index contributed by atoms with van der Waals surface area (Å²) in [6, 6.07) is 4.67. The number of hydrogen-bond donors (Lipinski definition) is 1.